The van der Waals surface area contributed by atoms with Crippen molar-refractivity contribution in [2.24, 2.45) is 23.7 Å². The van der Waals surface area contributed by atoms with E-state index in [0.29, 0.717) is 19.6 Å². The summed E-state index contributed by atoms with van der Waals surface area (Å²) in [4.78, 5) is 49.3. The average molecular weight is 596 g/mol. The molecule has 8 atom stereocenters. The van der Waals surface area contributed by atoms with Crippen LogP contribution in [0.25, 0.3) is 0 Å². The molecule has 2 bridgehead atoms. The SMILES string of the molecule is C=CCN(CCC)C(=O)[C@@H]1[C@@H]2CC(C)C3(S2)C(C(=O)N(CC=C)c2cc(C)ccc2C)N([C@@H](CO)[C@@H](C)CC)C(=O)[C@H]13. The summed E-state index contributed by atoms with van der Waals surface area (Å²) in [6.07, 6.45) is 5.79. The Morgan fingerprint density at radius 1 is 1.19 bits per heavy atom. The number of likely N-dealkylation sites (tertiary alicyclic amines) is 1. The van der Waals surface area contributed by atoms with Gasteiger partial charge < -0.3 is 19.8 Å². The molecular formula is C34H49N3O4S. The normalized spacial score (nSPS) is 29.3. The molecular weight excluding hydrogens is 546 g/mol. The summed E-state index contributed by atoms with van der Waals surface area (Å²) in [5.41, 5.74) is 2.80. The highest BCUT2D eigenvalue weighted by Crippen LogP contribution is 2.69. The molecule has 4 rings (SSSR count). The zero-order chi connectivity index (χ0) is 30.9. The summed E-state index contributed by atoms with van der Waals surface area (Å²) in [5, 5.41) is 10.7. The molecule has 3 amide bonds. The number of anilines is 1. The second kappa shape index (κ2) is 13.0. The first-order chi connectivity index (χ1) is 20.0. The highest BCUT2D eigenvalue weighted by Gasteiger charge is 2.77. The molecule has 0 saturated carbocycles. The third kappa shape index (κ3) is 5.12. The molecule has 1 aromatic rings. The fourth-order valence-corrected chi connectivity index (χ4v) is 10.1. The molecule has 230 valence electrons. The van der Waals surface area contributed by atoms with E-state index in [1.165, 1.54) is 0 Å². The number of hydrogen-bond acceptors (Lipinski definition) is 5. The molecule has 3 unspecified atom stereocenters. The summed E-state index contributed by atoms with van der Waals surface area (Å²) in [6.45, 7) is 21.1. The number of thioether (sulfide) groups is 1. The Hall–Kier alpha value is -2.58. The molecule has 1 N–H and O–H groups in total. The lowest BCUT2D eigenvalue weighted by atomic mass is 9.65. The molecule has 7 nitrogen and oxygen atoms in total. The van der Waals surface area contributed by atoms with Gasteiger partial charge in [-0.1, -0.05) is 58.4 Å². The summed E-state index contributed by atoms with van der Waals surface area (Å²) in [6, 6.07) is 4.72. The zero-order valence-electron chi connectivity index (χ0n) is 26.2. The van der Waals surface area contributed by atoms with Crippen molar-refractivity contribution in [2.45, 2.75) is 82.9 Å². The Morgan fingerprint density at radius 3 is 2.48 bits per heavy atom. The molecule has 8 heteroatoms. The van der Waals surface area contributed by atoms with Crippen molar-refractivity contribution in [2.75, 3.05) is 31.1 Å². The van der Waals surface area contributed by atoms with Crippen LogP contribution >= 0.6 is 11.8 Å². The first-order valence-electron chi connectivity index (χ1n) is 15.5. The number of carbonyl (C=O) groups excluding carboxylic acids is 3. The fraction of sp³-hybridized carbons (Fsp3) is 0.618. The van der Waals surface area contributed by atoms with Gasteiger partial charge in [-0.3, -0.25) is 14.4 Å². The Labute approximate surface area is 256 Å². The predicted molar refractivity (Wildman–Crippen MR) is 171 cm³/mol. The third-order valence-corrected chi connectivity index (χ3v) is 12.0. The van der Waals surface area contributed by atoms with Crippen molar-refractivity contribution in [1.29, 1.82) is 0 Å². The monoisotopic (exact) mass is 595 g/mol. The maximum atomic E-state index is 15.1. The van der Waals surface area contributed by atoms with Gasteiger partial charge in [0.2, 0.25) is 11.8 Å². The molecule has 3 fully saturated rings. The Bertz CT molecular complexity index is 1220. The predicted octanol–water partition coefficient (Wildman–Crippen LogP) is 4.99. The molecule has 42 heavy (non-hydrogen) atoms. The van der Waals surface area contributed by atoms with E-state index in [9.17, 15) is 14.7 Å². The van der Waals surface area contributed by atoms with Crippen molar-refractivity contribution in [3.05, 3.63) is 54.6 Å². The summed E-state index contributed by atoms with van der Waals surface area (Å²) in [5.74, 6) is -1.45. The Morgan fingerprint density at radius 2 is 1.88 bits per heavy atom. The molecule has 3 heterocycles. The smallest absolute Gasteiger partial charge is 0.251 e. The van der Waals surface area contributed by atoms with E-state index in [1.54, 1.807) is 33.7 Å². The standard InChI is InChI=1S/C34H49N3O4S/c1-9-15-35(16-10-2)31(39)28-27-19-24(8)34(42-27)29(28)32(40)37(26(20-38)22(6)12-4)30(34)33(41)36(17-11-3)25-18-21(5)13-14-23(25)7/h9,11,13-14,18,22,24,26-30,38H,1,3,10,12,15-17,19-20H2,2,4-8H3/t22-,24?,26-,27-,28+,29-,30?,34?/m0/s1. The highest BCUT2D eigenvalue weighted by molar-refractivity contribution is 8.02. The Kier molecular flexibility index (Phi) is 9.98. The summed E-state index contributed by atoms with van der Waals surface area (Å²) < 4.78 is -0.761. The van der Waals surface area contributed by atoms with Gasteiger partial charge in [-0.2, -0.15) is 0 Å². The van der Waals surface area contributed by atoms with Crippen LogP contribution in [0.4, 0.5) is 5.69 Å². The number of aliphatic hydroxyl groups is 1. The third-order valence-electron chi connectivity index (χ3n) is 9.94. The molecule has 0 radical (unpaired) electrons. The van der Waals surface area contributed by atoms with E-state index in [2.05, 4.69) is 20.1 Å². The number of nitrogens with zero attached hydrogens (tertiary/aromatic N) is 3. The van der Waals surface area contributed by atoms with E-state index >= 15 is 4.79 Å². The van der Waals surface area contributed by atoms with Crippen LogP contribution in [-0.2, 0) is 14.4 Å². The summed E-state index contributed by atoms with van der Waals surface area (Å²) >= 11 is 1.69. The number of hydrogen-bond donors (Lipinski definition) is 1. The first-order valence-corrected chi connectivity index (χ1v) is 16.4. The van der Waals surface area contributed by atoms with Gasteiger partial charge in [-0.05, 0) is 55.7 Å². The quantitative estimate of drug-likeness (QED) is 0.325. The van der Waals surface area contributed by atoms with Crippen molar-refractivity contribution in [1.82, 2.24) is 9.80 Å². The summed E-state index contributed by atoms with van der Waals surface area (Å²) in [7, 11) is 0. The number of aryl methyl sites for hydroxylation is 2. The van der Waals surface area contributed by atoms with Crippen LogP contribution < -0.4 is 4.90 Å². The maximum Gasteiger partial charge on any atom is 0.251 e. The van der Waals surface area contributed by atoms with Crippen molar-refractivity contribution in [3.63, 3.8) is 0 Å². The van der Waals surface area contributed by atoms with Gasteiger partial charge in [-0.15, -0.1) is 24.9 Å². The van der Waals surface area contributed by atoms with E-state index < -0.39 is 28.7 Å². The lowest BCUT2D eigenvalue weighted by Gasteiger charge is -2.43. The van der Waals surface area contributed by atoms with E-state index in [-0.39, 0.29) is 41.4 Å². The first kappa shape index (κ1) is 32.3. The van der Waals surface area contributed by atoms with Crippen LogP contribution in [0.15, 0.2) is 43.5 Å². The van der Waals surface area contributed by atoms with E-state index in [1.807, 2.05) is 57.7 Å². The number of aliphatic hydroxyl groups excluding tert-OH is 1. The molecule has 0 aliphatic carbocycles. The lowest BCUT2D eigenvalue weighted by molar-refractivity contribution is -0.146. The number of amides is 3. The van der Waals surface area contributed by atoms with Gasteiger partial charge in [0.05, 0.1) is 29.2 Å². The van der Waals surface area contributed by atoms with Crippen LogP contribution in [0.2, 0.25) is 0 Å². The second-order valence-corrected chi connectivity index (χ2v) is 14.1. The average Bonchev–Trinajstić information content (AvgIpc) is 3.56. The number of rotatable bonds is 13. The zero-order valence-corrected chi connectivity index (χ0v) is 27.0. The van der Waals surface area contributed by atoms with Gasteiger partial charge in [0.15, 0.2) is 0 Å². The minimum absolute atomic E-state index is 0.0176. The van der Waals surface area contributed by atoms with Crippen molar-refractivity contribution < 1.29 is 19.5 Å². The fourth-order valence-electron chi connectivity index (χ4n) is 7.71. The van der Waals surface area contributed by atoms with Crippen LogP contribution in [0, 0.1) is 37.5 Å². The van der Waals surface area contributed by atoms with Gasteiger partial charge in [0, 0.05) is 30.6 Å². The van der Waals surface area contributed by atoms with E-state index in [4.69, 9.17) is 0 Å². The molecule has 1 spiro atoms. The van der Waals surface area contributed by atoms with Crippen LogP contribution in [0.1, 0.15) is 58.1 Å². The number of benzene rings is 1. The van der Waals surface area contributed by atoms with Gasteiger partial charge in [-0.25, -0.2) is 0 Å². The minimum atomic E-state index is -0.803. The van der Waals surface area contributed by atoms with Crippen LogP contribution in [0.5, 0.6) is 0 Å². The second-order valence-electron chi connectivity index (χ2n) is 12.5. The maximum absolute atomic E-state index is 15.1. The minimum Gasteiger partial charge on any atom is -0.394 e. The molecule has 0 aromatic heterocycles. The van der Waals surface area contributed by atoms with Crippen LogP contribution in [0.3, 0.4) is 0 Å². The molecule has 3 aliphatic rings. The van der Waals surface area contributed by atoms with Crippen molar-refractivity contribution in [3.8, 4) is 0 Å². The van der Waals surface area contributed by atoms with Gasteiger partial charge >= 0.3 is 0 Å². The van der Waals surface area contributed by atoms with Crippen molar-refractivity contribution >= 4 is 35.2 Å². The topological polar surface area (TPSA) is 81.2 Å². The molecule has 1 aromatic carbocycles. The number of carbonyl (C=O) groups is 3. The molecule has 3 aliphatic heterocycles. The van der Waals surface area contributed by atoms with Crippen LogP contribution in [-0.4, -0.2) is 80.9 Å². The Balaban J connectivity index is 1.90. The lowest BCUT2D eigenvalue weighted by Crippen LogP contribution is -2.60. The molecule has 3 saturated heterocycles. The van der Waals surface area contributed by atoms with Gasteiger partial charge in [0.1, 0.15) is 6.04 Å². The highest BCUT2D eigenvalue weighted by atomic mass is 32.2. The van der Waals surface area contributed by atoms with Gasteiger partial charge in [0.25, 0.3) is 5.91 Å². The largest absolute Gasteiger partial charge is 0.394 e. The van der Waals surface area contributed by atoms with E-state index in [0.717, 1.165) is 36.1 Å². The number of fused-ring (bicyclic) bond motifs is 1.